The average Bonchev–Trinajstić information content (AvgIpc) is 2.52. The third-order valence-electron chi connectivity index (χ3n) is 1.54. The first-order valence-electron chi connectivity index (χ1n) is 3.65. The molecule has 0 bridgehead atoms. The van der Waals surface area contributed by atoms with Crippen LogP contribution in [0.5, 0.6) is 5.75 Å². The van der Waals surface area contributed by atoms with Gasteiger partial charge < -0.3 is 15.2 Å². The number of methoxy groups -OCH3 is 2. The van der Waals surface area contributed by atoms with Gasteiger partial charge in [0.2, 0.25) is 0 Å². The summed E-state index contributed by atoms with van der Waals surface area (Å²) in [6.45, 7) is 0.545. The first-order valence-corrected chi connectivity index (χ1v) is 4.53. The van der Waals surface area contributed by atoms with Gasteiger partial charge in [0.05, 0.1) is 19.8 Å². The number of nitrogens with two attached hydrogens (primary N) is 1. The Morgan fingerprint density at radius 2 is 2.33 bits per heavy atom. The number of thiophene rings is 1. The molecular weight excluding hydrogens is 174 g/mol. The van der Waals surface area contributed by atoms with E-state index in [1.165, 1.54) is 0 Å². The van der Waals surface area contributed by atoms with E-state index in [1.54, 1.807) is 25.6 Å². The van der Waals surface area contributed by atoms with Gasteiger partial charge in [-0.2, -0.15) is 0 Å². The van der Waals surface area contributed by atoms with Crippen LogP contribution in [-0.4, -0.2) is 20.8 Å². The van der Waals surface area contributed by atoms with Gasteiger partial charge in [0.25, 0.3) is 0 Å². The van der Waals surface area contributed by atoms with E-state index in [2.05, 4.69) is 0 Å². The molecule has 1 aromatic rings. The number of hydrogen-bond acceptors (Lipinski definition) is 4. The Morgan fingerprint density at radius 3 is 2.83 bits per heavy atom. The van der Waals surface area contributed by atoms with Crippen molar-refractivity contribution in [1.82, 2.24) is 0 Å². The summed E-state index contributed by atoms with van der Waals surface area (Å²) in [6.07, 6.45) is 0. The van der Waals surface area contributed by atoms with Crippen LogP contribution in [0.3, 0.4) is 0 Å². The Morgan fingerprint density at radius 1 is 1.58 bits per heavy atom. The van der Waals surface area contributed by atoms with Gasteiger partial charge in [-0.1, -0.05) is 0 Å². The molecule has 1 atom stereocenters. The van der Waals surface area contributed by atoms with Gasteiger partial charge in [0.1, 0.15) is 5.75 Å². The van der Waals surface area contributed by atoms with Gasteiger partial charge in [-0.05, 0) is 6.07 Å². The van der Waals surface area contributed by atoms with Crippen molar-refractivity contribution in [3.05, 3.63) is 16.3 Å². The average molecular weight is 187 g/mol. The molecule has 0 aliphatic heterocycles. The van der Waals surface area contributed by atoms with E-state index in [0.29, 0.717) is 6.61 Å². The zero-order chi connectivity index (χ0) is 8.97. The van der Waals surface area contributed by atoms with Crippen molar-refractivity contribution in [2.75, 3.05) is 20.8 Å². The summed E-state index contributed by atoms with van der Waals surface area (Å²) < 4.78 is 9.98. The highest BCUT2D eigenvalue weighted by molar-refractivity contribution is 7.10. The van der Waals surface area contributed by atoms with Crippen LogP contribution in [0.15, 0.2) is 11.4 Å². The summed E-state index contributed by atoms with van der Waals surface area (Å²) >= 11 is 1.59. The molecule has 1 heterocycles. The first kappa shape index (κ1) is 9.51. The fourth-order valence-electron chi connectivity index (χ4n) is 0.898. The number of rotatable bonds is 4. The lowest BCUT2D eigenvalue weighted by Crippen LogP contribution is -2.14. The molecule has 1 unspecified atom stereocenters. The molecule has 0 aliphatic carbocycles. The molecule has 0 fully saturated rings. The van der Waals surface area contributed by atoms with Gasteiger partial charge in [-0.25, -0.2) is 0 Å². The van der Waals surface area contributed by atoms with Gasteiger partial charge in [0, 0.05) is 17.4 Å². The number of ether oxygens (including phenoxy) is 2. The maximum absolute atomic E-state index is 5.80. The van der Waals surface area contributed by atoms with Crippen molar-refractivity contribution < 1.29 is 9.47 Å². The molecule has 0 radical (unpaired) electrons. The topological polar surface area (TPSA) is 44.5 Å². The van der Waals surface area contributed by atoms with Crippen LogP contribution in [-0.2, 0) is 4.74 Å². The fourth-order valence-corrected chi connectivity index (χ4v) is 1.74. The molecule has 0 saturated heterocycles. The normalized spacial score (nSPS) is 12.9. The van der Waals surface area contributed by atoms with E-state index in [0.717, 1.165) is 10.6 Å². The van der Waals surface area contributed by atoms with Crippen LogP contribution in [0.25, 0.3) is 0 Å². The highest BCUT2D eigenvalue weighted by atomic mass is 32.1. The molecule has 2 N–H and O–H groups in total. The van der Waals surface area contributed by atoms with Crippen LogP contribution < -0.4 is 10.5 Å². The monoisotopic (exact) mass is 187 g/mol. The van der Waals surface area contributed by atoms with Crippen molar-refractivity contribution in [2.24, 2.45) is 5.73 Å². The first-order chi connectivity index (χ1) is 5.77. The lowest BCUT2D eigenvalue weighted by molar-refractivity contribution is 0.182. The number of hydrogen-bond donors (Lipinski definition) is 1. The molecule has 68 valence electrons. The molecule has 1 aromatic heterocycles. The minimum absolute atomic E-state index is 0.0381. The van der Waals surface area contributed by atoms with Crippen LogP contribution in [0.4, 0.5) is 0 Å². The van der Waals surface area contributed by atoms with E-state index >= 15 is 0 Å². The van der Waals surface area contributed by atoms with Crippen LogP contribution >= 0.6 is 11.3 Å². The largest absolute Gasteiger partial charge is 0.496 e. The van der Waals surface area contributed by atoms with Crippen LogP contribution in [0.2, 0.25) is 0 Å². The Kier molecular flexibility index (Phi) is 3.52. The van der Waals surface area contributed by atoms with Crippen molar-refractivity contribution in [3.63, 3.8) is 0 Å². The highest BCUT2D eigenvalue weighted by Gasteiger charge is 2.08. The van der Waals surface area contributed by atoms with Gasteiger partial charge in [0.15, 0.2) is 0 Å². The molecule has 0 spiro atoms. The van der Waals surface area contributed by atoms with E-state index in [4.69, 9.17) is 15.2 Å². The van der Waals surface area contributed by atoms with E-state index < -0.39 is 0 Å². The minimum Gasteiger partial charge on any atom is -0.496 e. The minimum atomic E-state index is -0.0381. The Labute approximate surface area is 76.1 Å². The highest BCUT2D eigenvalue weighted by Crippen LogP contribution is 2.25. The lowest BCUT2D eigenvalue weighted by atomic mass is 10.3. The summed E-state index contributed by atoms with van der Waals surface area (Å²) in [6, 6.07) is 1.90. The summed E-state index contributed by atoms with van der Waals surface area (Å²) in [4.78, 5) is 1.09. The summed E-state index contributed by atoms with van der Waals surface area (Å²) in [5.41, 5.74) is 5.80. The molecule has 0 aliphatic rings. The second-order valence-corrected chi connectivity index (χ2v) is 3.39. The molecule has 4 heteroatoms. The van der Waals surface area contributed by atoms with Crippen molar-refractivity contribution in [3.8, 4) is 5.75 Å². The van der Waals surface area contributed by atoms with Crippen molar-refractivity contribution in [2.45, 2.75) is 6.04 Å². The van der Waals surface area contributed by atoms with Crippen LogP contribution in [0.1, 0.15) is 10.9 Å². The molecule has 0 saturated carbocycles. The summed E-state index contributed by atoms with van der Waals surface area (Å²) in [5.74, 6) is 0.863. The third-order valence-corrected chi connectivity index (χ3v) is 2.59. The zero-order valence-electron chi connectivity index (χ0n) is 7.24. The second kappa shape index (κ2) is 4.45. The zero-order valence-corrected chi connectivity index (χ0v) is 8.06. The maximum atomic E-state index is 5.80. The van der Waals surface area contributed by atoms with E-state index in [9.17, 15) is 0 Å². The summed E-state index contributed by atoms with van der Waals surface area (Å²) in [5, 5.41) is 1.94. The third kappa shape index (κ3) is 2.20. The molecular formula is C8H13NO2S. The molecule has 0 aromatic carbocycles. The van der Waals surface area contributed by atoms with Crippen molar-refractivity contribution in [1.29, 1.82) is 0 Å². The summed E-state index contributed by atoms with van der Waals surface area (Å²) in [7, 11) is 3.29. The lowest BCUT2D eigenvalue weighted by Gasteiger charge is -2.06. The Hall–Kier alpha value is -0.580. The predicted molar refractivity (Wildman–Crippen MR) is 49.7 cm³/mol. The SMILES string of the molecule is COCC(N)c1cc(OC)cs1. The Bertz CT molecular complexity index is 237. The molecule has 3 nitrogen and oxygen atoms in total. The van der Waals surface area contributed by atoms with Gasteiger partial charge in [-0.15, -0.1) is 11.3 Å². The maximum Gasteiger partial charge on any atom is 0.129 e. The van der Waals surface area contributed by atoms with E-state index in [1.807, 2.05) is 11.4 Å². The molecule has 12 heavy (non-hydrogen) atoms. The fraction of sp³-hybridized carbons (Fsp3) is 0.500. The molecule has 1 rings (SSSR count). The Balaban J connectivity index is 2.61. The predicted octanol–water partition coefficient (Wildman–Crippen LogP) is 1.40. The standard InChI is InChI=1S/C8H13NO2S/c1-10-4-7(9)8-3-6(11-2)5-12-8/h3,5,7H,4,9H2,1-2H3. The van der Waals surface area contributed by atoms with Crippen LogP contribution in [0, 0.1) is 0 Å². The quantitative estimate of drug-likeness (QED) is 0.775. The van der Waals surface area contributed by atoms with E-state index in [-0.39, 0.29) is 6.04 Å². The smallest absolute Gasteiger partial charge is 0.129 e. The van der Waals surface area contributed by atoms with Gasteiger partial charge in [-0.3, -0.25) is 0 Å². The van der Waals surface area contributed by atoms with Crippen molar-refractivity contribution >= 4 is 11.3 Å². The molecule has 0 amide bonds. The second-order valence-electron chi connectivity index (χ2n) is 2.45. The van der Waals surface area contributed by atoms with Gasteiger partial charge >= 0.3 is 0 Å².